The van der Waals surface area contributed by atoms with E-state index in [-0.39, 0.29) is 0 Å². The largest absolute Gasteiger partial charge is 0.316 e. The van der Waals surface area contributed by atoms with Crippen LogP contribution in [0.2, 0.25) is 0 Å². The van der Waals surface area contributed by atoms with Gasteiger partial charge in [0.1, 0.15) is 23.0 Å². The van der Waals surface area contributed by atoms with E-state index in [1.54, 1.807) is 0 Å². The first-order chi connectivity index (χ1) is 4.88. The van der Waals surface area contributed by atoms with Crippen molar-refractivity contribution in [1.82, 2.24) is 5.32 Å². The molecule has 3 rings (SSSR count). The van der Waals surface area contributed by atoms with E-state index in [0.717, 1.165) is 24.6 Å². The second kappa shape index (κ2) is 2.95. The second-order valence-corrected chi connectivity index (χ2v) is 4.03. The number of rotatable bonds is 2. The quantitative estimate of drug-likeness (QED) is 0.753. The molecular weight excluding hydrogens is 241 g/mol. The van der Waals surface area contributed by atoms with Crippen LogP contribution in [0.15, 0.2) is 0 Å². The maximum Gasteiger partial charge on any atom is 0.109 e. The molecule has 0 aromatic rings. The zero-order valence-corrected chi connectivity index (χ0v) is 8.00. The standard InChI is InChI=1S/C7H12INO/c8-10-4-5-1-6-3-7(2-5)9-6/h5-7,9H,1-4H2. The molecule has 0 aromatic carbocycles. The van der Waals surface area contributed by atoms with Gasteiger partial charge in [-0.1, -0.05) is 0 Å². The topological polar surface area (TPSA) is 21.3 Å². The molecule has 2 atom stereocenters. The number of piperidine rings is 1. The lowest BCUT2D eigenvalue weighted by Crippen LogP contribution is -2.58. The van der Waals surface area contributed by atoms with Crippen LogP contribution >= 0.6 is 23.0 Å². The molecule has 1 saturated carbocycles. The van der Waals surface area contributed by atoms with Crippen LogP contribution in [0.4, 0.5) is 0 Å². The summed E-state index contributed by atoms with van der Waals surface area (Å²) in [5, 5.41) is 3.51. The van der Waals surface area contributed by atoms with Gasteiger partial charge in [-0.05, 0) is 25.2 Å². The van der Waals surface area contributed by atoms with Crippen molar-refractivity contribution in [2.45, 2.75) is 31.3 Å². The van der Waals surface area contributed by atoms with Gasteiger partial charge in [0.25, 0.3) is 0 Å². The monoisotopic (exact) mass is 253 g/mol. The van der Waals surface area contributed by atoms with Gasteiger partial charge in [-0.25, -0.2) is 0 Å². The first-order valence-corrected chi connectivity index (χ1v) is 4.76. The molecule has 2 bridgehead atoms. The molecule has 2 unspecified atom stereocenters. The summed E-state index contributed by atoms with van der Waals surface area (Å²) in [5.41, 5.74) is 0. The van der Waals surface area contributed by atoms with Gasteiger partial charge in [0.15, 0.2) is 0 Å². The predicted molar refractivity (Wildman–Crippen MR) is 48.0 cm³/mol. The number of nitrogens with one attached hydrogen (secondary N) is 1. The summed E-state index contributed by atoms with van der Waals surface area (Å²) in [6.07, 6.45) is 4.08. The number of halogens is 1. The van der Waals surface area contributed by atoms with Crippen LogP contribution in [0, 0.1) is 5.92 Å². The Morgan fingerprint density at radius 3 is 2.40 bits per heavy atom. The third-order valence-electron chi connectivity index (χ3n) is 2.57. The Bertz CT molecular complexity index is 115. The first kappa shape index (κ1) is 7.31. The summed E-state index contributed by atoms with van der Waals surface area (Å²) in [6, 6.07) is 1.66. The molecule has 3 aliphatic rings. The summed E-state index contributed by atoms with van der Waals surface area (Å²) in [6.45, 7) is 0.954. The van der Waals surface area contributed by atoms with Crippen LogP contribution in [0.25, 0.3) is 0 Å². The Labute approximate surface area is 75.4 Å². The fraction of sp³-hybridized carbons (Fsp3) is 1.00. The Kier molecular flexibility index (Phi) is 2.15. The smallest absolute Gasteiger partial charge is 0.109 e. The van der Waals surface area contributed by atoms with Gasteiger partial charge in [0.2, 0.25) is 0 Å². The zero-order valence-electron chi connectivity index (χ0n) is 5.85. The fourth-order valence-electron chi connectivity index (χ4n) is 2.11. The lowest BCUT2D eigenvalue weighted by Gasteiger charge is -2.46. The van der Waals surface area contributed by atoms with Crippen molar-refractivity contribution in [3.8, 4) is 0 Å². The highest BCUT2D eigenvalue weighted by Crippen LogP contribution is 2.32. The minimum Gasteiger partial charge on any atom is -0.316 e. The molecule has 2 nitrogen and oxygen atoms in total. The molecule has 10 heavy (non-hydrogen) atoms. The van der Waals surface area contributed by atoms with Gasteiger partial charge in [0.05, 0.1) is 6.61 Å². The summed E-state index contributed by atoms with van der Waals surface area (Å²) < 4.78 is 5.09. The molecule has 0 radical (unpaired) electrons. The van der Waals surface area contributed by atoms with Crippen LogP contribution in [0.3, 0.4) is 0 Å². The highest BCUT2D eigenvalue weighted by atomic mass is 127. The number of hydrogen-bond donors (Lipinski definition) is 1. The Morgan fingerprint density at radius 1 is 1.30 bits per heavy atom. The first-order valence-electron chi connectivity index (χ1n) is 3.88. The number of fused-ring (bicyclic) bond motifs is 2. The van der Waals surface area contributed by atoms with E-state index in [4.69, 9.17) is 3.07 Å². The average molecular weight is 253 g/mol. The number of hydrogen-bond acceptors (Lipinski definition) is 2. The summed E-state index contributed by atoms with van der Waals surface area (Å²) in [5.74, 6) is 0.835. The van der Waals surface area contributed by atoms with Crippen LogP contribution in [-0.4, -0.2) is 18.7 Å². The van der Waals surface area contributed by atoms with Gasteiger partial charge in [-0.3, -0.25) is 0 Å². The van der Waals surface area contributed by atoms with Crippen molar-refractivity contribution >= 4 is 23.0 Å². The van der Waals surface area contributed by atoms with Crippen molar-refractivity contribution in [3.63, 3.8) is 0 Å². The second-order valence-electron chi connectivity index (χ2n) is 3.41. The lowest BCUT2D eigenvalue weighted by molar-refractivity contribution is 0.106. The molecule has 58 valence electrons. The highest BCUT2D eigenvalue weighted by molar-refractivity contribution is 14.1. The summed E-state index contributed by atoms with van der Waals surface area (Å²) in [4.78, 5) is 0. The SMILES string of the molecule is IOCC1CC2CC(C1)N2. The van der Waals surface area contributed by atoms with Crippen molar-refractivity contribution < 1.29 is 3.07 Å². The van der Waals surface area contributed by atoms with Crippen molar-refractivity contribution in [2.75, 3.05) is 6.61 Å². The van der Waals surface area contributed by atoms with E-state index in [1.807, 2.05) is 23.0 Å². The molecule has 1 aliphatic carbocycles. The van der Waals surface area contributed by atoms with Gasteiger partial charge >= 0.3 is 0 Å². The van der Waals surface area contributed by atoms with Crippen LogP contribution in [-0.2, 0) is 3.07 Å². The molecule has 3 fully saturated rings. The normalized spacial score (nSPS) is 44.7. The molecule has 0 amide bonds. The molecular formula is C7H12INO. The summed E-state index contributed by atoms with van der Waals surface area (Å²) in [7, 11) is 0. The van der Waals surface area contributed by atoms with Crippen molar-refractivity contribution in [1.29, 1.82) is 0 Å². The van der Waals surface area contributed by atoms with Gasteiger partial charge < -0.3 is 8.38 Å². The maximum atomic E-state index is 5.09. The van der Waals surface area contributed by atoms with Crippen molar-refractivity contribution in [3.05, 3.63) is 0 Å². The predicted octanol–water partition coefficient (Wildman–Crippen LogP) is 1.49. The molecule has 0 spiro atoms. The molecule has 2 aliphatic heterocycles. The van der Waals surface area contributed by atoms with E-state index in [1.165, 1.54) is 19.3 Å². The molecule has 2 saturated heterocycles. The van der Waals surface area contributed by atoms with E-state index >= 15 is 0 Å². The van der Waals surface area contributed by atoms with E-state index in [0.29, 0.717) is 0 Å². The lowest BCUT2D eigenvalue weighted by atomic mass is 9.76. The molecule has 0 aromatic heterocycles. The van der Waals surface area contributed by atoms with Crippen molar-refractivity contribution in [2.24, 2.45) is 5.92 Å². The van der Waals surface area contributed by atoms with E-state index < -0.39 is 0 Å². The van der Waals surface area contributed by atoms with Gasteiger partial charge in [-0.2, -0.15) is 0 Å². The van der Waals surface area contributed by atoms with E-state index in [2.05, 4.69) is 5.32 Å². The van der Waals surface area contributed by atoms with Gasteiger partial charge in [-0.15, -0.1) is 0 Å². The van der Waals surface area contributed by atoms with Crippen LogP contribution in [0.5, 0.6) is 0 Å². The fourth-order valence-corrected chi connectivity index (χ4v) is 2.62. The van der Waals surface area contributed by atoms with Crippen LogP contribution < -0.4 is 5.32 Å². The van der Waals surface area contributed by atoms with Crippen LogP contribution in [0.1, 0.15) is 19.3 Å². The Hall–Kier alpha value is 0.650. The Morgan fingerprint density at radius 2 is 1.90 bits per heavy atom. The van der Waals surface area contributed by atoms with E-state index in [9.17, 15) is 0 Å². The summed E-state index contributed by atoms with van der Waals surface area (Å²) >= 11 is 1.99. The minimum absolute atomic E-state index is 0.829. The molecule has 3 heteroatoms. The zero-order chi connectivity index (χ0) is 6.97. The third-order valence-corrected chi connectivity index (χ3v) is 2.93. The maximum absolute atomic E-state index is 5.09. The Balaban J connectivity index is 1.80. The average Bonchev–Trinajstić information content (AvgIpc) is 1.87. The third kappa shape index (κ3) is 1.31. The molecule has 1 N–H and O–H groups in total. The van der Waals surface area contributed by atoms with Gasteiger partial charge in [0, 0.05) is 12.1 Å². The highest BCUT2D eigenvalue weighted by Gasteiger charge is 2.37. The molecule has 2 heterocycles. The minimum atomic E-state index is 0.829.